The number of aromatic nitrogens is 1. The molecule has 5 heteroatoms. The summed E-state index contributed by atoms with van der Waals surface area (Å²) in [5.41, 5.74) is 7.04. The van der Waals surface area contributed by atoms with Crippen LogP contribution in [0.4, 0.5) is 5.69 Å². The maximum Gasteiger partial charge on any atom is 0.268 e. The van der Waals surface area contributed by atoms with E-state index in [0.29, 0.717) is 24.0 Å². The zero-order chi connectivity index (χ0) is 13.8. The highest BCUT2D eigenvalue weighted by atomic mass is 16.1. The lowest BCUT2D eigenvalue weighted by atomic mass is 10.0. The van der Waals surface area contributed by atoms with Crippen molar-refractivity contribution >= 4 is 11.6 Å². The quantitative estimate of drug-likeness (QED) is 0.861. The van der Waals surface area contributed by atoms with Gasteiger partial charge in [0.2, 0.25) is 0 Å². The topological polar surface area (TPSA) is 63.3 Å². The molecule has 0 aliphatic carbocycles. The number of aryl methyl sites for hydroxylation is 1. The highest BCUT2D eigenvalue weighted by Gasteiger charge is 2.20. The molecule has 1 atom stereocenters. The fourth-order valence-electron chi connectivity index (χ4n) is 2.69. The minimum absolute atomic E-state index is 0.0301. The summed E-state index contributed by atoms with van der Waals surface area (Å²) in [5, 5.41) is 3.03. The lowest BCUT2D eigenvalue weighted by Crippen LogP contribution is -2.44. The van der Waals surface area contributed by atoms with E-state index in [-0.39, 0.29) is 5.91 Å². The molecule has 0 saturated carbocycles. The predicted molar refractivity (Wildman–Crippen MR) is 77.1 cm³/mol. The van der Waals surface area contributed by atoms with Gasteiger partial charge in [-0.3, -0.25) is 4.79 Å². The first kappa shape index (κ1) is 13.9. The Bertz CT molecular complexity index is 441. The Labute approximate surface area is 114 Å². The molecule has 1 amide bonds. The van der Waals surface area contributed by atoms with Crippen molar-refractivity contribution in [2.45, 2.75) is 38.8 Å². The molecule has 2 rings (SSSR count). The minimum atomic E-state index is -0.0301. The molecule has 5 nitrogen and oxygen atoms in total. The lowest BCUT2D eigenvalue weighted by Gasteiger charge is -2.32. The van der Waals surface area contributed by atoms with Gasteiger partial charge in [-0.15, -0.1) is 0 Å². The van der Waals surface area contributed by atoms with E-state index in [4.69, 9.17) is 5.73 Å². The van der Waals surface area contributed by atoms with Crippen molar-refractivity contribution in [1.29, 1.82) is 0 Å². The van der Waals surface area contributed by atoms with Crippen molar-refractivity contribution in [3.05, 3.63) is 18.0 Å². The third-order valence-corrected chi connectivity index (χ3v) is 3.91. The second-order valence-electron chi connectivity index (χ2n) is 5.28. The molecule has 0 radical (unpaired) electrons. The number of piperidine rings is 1. The van der Waals surface area contributed by atoms with Crippen LogP contribution in [0.1, 0.15) is 36.7 Å². The van der Waals surface area contributed by atoms with E-state index < -0.39 is 0 Å². The molecule has 1 aromatic rings. The molecule has 1 aliphatic heterocycles. The van der Waals surface area contributed by atoms with Gasteiger partial charge in [0.25, 0.3) is 5.91 Å². The fraction of sp³-hybridized carbons (Fsp3) is 0.643. The summed E-state index contributed by atoms with van der Waals surface area (Å²) in [6.45, 7) is 4.59. The number of nitrogens with zero attached hydrogens (tertiary/aromatic N) is 2. The number of nitrogens with one attached hydrogen (secondary N) is 1. The zero-order valence-corrected chi connectivity index (χ0v) is 11.9. The summed E-state index contributed by atoms with van der Waals surface area (Å²) >= 11 is 0. The van der Waals surface area contributed by atoms with E-state index in [1.165, 1.54) is 12.8 Å². The lowest BCUT2D eigenvalue weighted by molar-refractivity contribution is 0.0919. The third kappa shape index (κ3) is 3.29. The van der Waals surface area contributed by atoms with Crippen LogP contribution in [0.3, 0.4) is 0 Å². The molecule has 0 bridgehead atoms. The van der Waals surface area contributed by atoms with E-state index in [0.717, 1.165) is 19.5 Å². The van der Waals surface area contributed by atoms with Crippen LogP contribution in [0.25, 0.3) is 0 Å². The van der Waals surface area contributed by atoms with E-state index in [9.17, 15) is 4.79 Å². The Morgan fingerprint density at radius 1 is 1.53 bits per heavy atom. The molecular formula is C14H24N4O. The van der Waals surface area contributed by atoms with Crippen molar-refractivity contribution < 1.29 is 4.79 Å². The van der Waals surface area contributed by atoms with E-state index in [2.05, 4.69) is 17.3 Å². The number of nitrogens with two attached hydrogens (primary N) is 1. The largest absolute Gasteiger partial charge is 0.397 e. The average molecular weight is 264 g/mol. The number of hydrogen-bond donors (Lipinski definition) is 2. The Morgan fingerprint density at radius 3 is 3.00 bits per heavy atom. The van der Waals surface area contributed by atoms with E-state index in [1.807, 2.05) is 17.7 Å². The Kier molecular flexibility index (Phi) is 4.47. The van der Waals surface area contributed by atoms with Crippen molar-refractivity contribution in [2.24, 2.45) is 0 Å². The van der Waals surface area contributed by atoms with Gasteiger partial charge in [0.15, 0.2) is 0 Å². The van der Waals surface area contributed by atoms with Crippen molar-refractivity contribution in [3.8, 4) is 0 Å². The van der Waals surface area contributed by atoms with Crippen LogP contribution in [0.15, 0.2) is 12.3 Å². The summed E-state index contributed by atoms with van der Waals surface area (Å²) < 4.78 is 1.88. The third-order valence-electron chi connectivity index (χ3n) is 3.91. The number of carbonyl (C=O) groups is 1. The Balaban J connectivity index is 1.93. The van der Waals surface area contributed by atoms with Gasteiger partial charge >= 0.3 is 0 Å². The summed E-state index contributed by atoms with van der Waals surface area (Å²) in [6, 6.07) is 2.20. The van der Waals surface area contributed by atoms with Crippen LogP contribution in [0, 0.1) is 0 Å². The van der Waals surface area contributed by atoms with Gasteiger partial charge in [-0.2, -0.15) is 0 Å². The molecular weight excluding hydrogens is 240 g/mol. The van der Waals surface area contributed by atoms with Gasteiger partial charge in [-0.1, -0.05) is 6.42 Å². The van der Waals surface area contributed by atoms with Crippen LogP contribution < -0.4 is 11.1 Å². The summed E-state index contributed by atoms with van der Waals surface area (Å²) in [5.74, 6) is -0.0301. The normalized spacial score (nSPS) is 20.4. The van der Waals surface area contributed by atoms with Crippen molar-refractivity contribution in [3.63, 3.8) is 0 Å². The highest BCUT2D eigenvalue weighted by molar-refractivity contribution is 5.93. The second kappa shape index (κ2) is 6.10. The van der Waals surface area contributed by atoms with Crippen LogP contribution >= 0.6 is 0 Å². The van der Waals surface area contributed by atoms with Crippen LogP contribution in [-0.4, -0.2) is 41.6 Å². The molecule has 1 aliphatic rings. The first-order valence-electron chi connectivity index (χ1n) is 7.06. The molecule has 0 spiro atoms. The molecule has 106 valence electrons. The average Bonchev–Trinajstić information content (AvgIpc) is 2.79. The zero-order valence-electron chi connectivity index (χ0n) is 11.9. The number of carbonyl (C=O) groups excluding carboxylic acids is 1. The summed E-state index contributed by atoms with van der Waals surface area (Å²) in [6.07, 6.45) is 5.48. The molecule has 2 heterocycles. The number of likely N-dealkylation sites (tertiary alicyclic amines) is 1. The van der Waals surface area contributed by atoms with Crippen molar-refractivity contribution in [1.82, 2.24) is 14.8 Å². The van der Waals surface area contributed by atoms with Gasteiger partial charge in [0, 0.05) is 25.3 Å². The monoisotopic (exact) mass is 264 g/mol. The maximum absolute atomic E-state index is 12.2. The number of hydrogen-bond acceptors (Lipinski definition) is 3. The standard InChI is InChI=1S/C14H24N4O/c1-3-18-10-11(15)8-13(18)14(19)16-9-12-6-4-5-7-17(12)2/h8,10,12H,3-7,9,15H2,1-2H3,(H,16,19). The van der Waals surface area contributed by atoms with E-state index >= 15 is 0 Å². The molecule has 19 heavy (non-hydrogen) atoms. The maximum atomic E-state index is 12.2. The van der Waals surface area contributed by atoms with Crippen LogP contribution in [0.5, 0.6) is 0 Å². The molecule has 1 fully saturated rings. The highest BCUT2D eigenvalue weighted by Crippen LogP contribution is 2.15. The van der Waals surface area contributed by atoms with Crippen molar-refractivity contribution in [2.75, 3.05) is 25.9 Å². The van der Waals surface area contributed by atoms with E-state index in [1.54, 1.807) is 6.07 Å². The Hall–Kier alpha value is -1.49. The van der Waals surface area contributed by atoms with Gasteiger partial charge in [-0.25, -0.2) is 0 Å². The summed E-state index contributed by atoms with van der Waals surface area (Å²) in [4.78, 5) is 14.5. The number of rotatable bonds is 4. The smallest absolute Gasteiger partial charge is 0.268 e. The van der Waals surface area contributed by atoms with Gasteiger partial charge in [0.05, 0.1) is 5.69 Å². The first-order valence-corrected chi connectivity index (χ1v) is 7.06. The SMILES string of the molecule is CCn1cc(N)cc1C(=O)NCC1CCCCN1C. The Morgan fingerprint density at radius 2 is 2.32 bits per heavy atom. The van der Waals surface area contributed by atoms with Gasteiger partial charge in [-0.05, 0) is 39.4 Å². The number of amides is 1. The molecule has 1 unspecified atom stereocenters. The second-order valence-corrected chi connectivity index (χ2v) is 5.28. The molecule has 1 saturated heterocycles. The first-order chi connectivity index (χ1) is 9.11. The molecule has 3 N–H and O–H groups in total. The summed E-state index contributed by atoms with van der Waals surface area (Å²) in [7, 11) is 2.13. The molecule has 0 aromatic carbocycles. The fourth-order valence-corrected chi connectivity index (χ4v) is 2.69. The number of likely N-dealkylation sites (N-methyl/N-ethyl adjacent to an activating group) is 1. The van der Waals surface area contributed by atoms with Crippen LogP contribution in [0.2, 0.25) is 0 Å². The van der Waals surface area contributed by atoms with Gasteiger partial charge in [0.1, 0.15) is 5.69 Å². The minimum Gasteiger partial charge on any atom is -0.397 e. The molecule has 1 aromatic heterocycles. The number of anilines is 1. The van der Waals surface area contributed by atoms with Gasteiger partial charge < -0.3 is 20.5 Å². The number of nitrogen functional groups attached to an aromatic ring is 1. The predicted octanol–water partition coefficient (Wildman–Crippen LogP) is 1.30. The van der Waals surface area contributed by atoms with Crippen LogP contribution in [-0.2, 0) is 6.54 Å².